The van der Waals surface area contributed by atoms with Gasteiger partial charge in [0.15, 0.2) is 5.69 Å². The van der Waals surface area contributed by atoms with Crippen LogP contribution in [-0.2, 0) is 6.54 Å². The molecule has 0 aliphatic carbocycles. The van der Waals surface area contributed by atoms with E-state index in [0.717, 1.165) is 17.7 Å². The molecule has 0 saturated carbocycles. The van der Waals surface area contributed by atoms with Gasteiger partial charge < -0.3 is 4.74 Å². The normalized spacial score (nSPS) is 11.0. The van der Waals surface area contributed by atoms with Crippen molar-refractivity contribution in [1.29, 1.82) is 0 Å². The fourth-order valence-electron chi connectivity index (χ4n) is 2.67. The Hall–Kier alpha value is -3.48. The predicted molar refractivity (Wildman–Crippen MR) is 104 cm³/mol. The van der Waals surface area contributed by atoms with Crippen LogP contribution in [0.5, 0.6) is 5.75 Å². The summed E-state index contributed by atoms with van der Waals surface area (Å²) >= 11 is 0. The molecule has 1 amide bonds. The maximum absolute atomic E-state index is 12.6. The molecule has 1 N–H and O–H groups in total. The van der Waals surface area contributed by atoms with Gasteiger partial charge in [-0.2, -0.15) is 10.2 Å². The van der Waals surface area contributed by atoms with Crippen molar-refractivity contribution < 1.29 is 9.53 Å². The van der Waals surface area contributed by atoms with Gasteiger partial charge in [-0.05, 0) is 42.3 Å². The van der Waals surface area contributed by atoms with Crippen molar-refractivity contribution in [1.82, 2.24) is 15.2 Å². The molecule has 0 radical (unpaired) electrons. The van der Waals surface area contributed by atoms with Crippen molar-refractivity contribution in [2.24, 2.45) is 5.10 Å². The molecule has 7 heteroatoms. The lowest BCUT2D eigenvalue weighted by molar-refractivity contribution is 0.0949. The molecule has 138 valence electrons. The van der Waals surface area contributed by atoms with Crippen molar-refractivity contribution in [3.8, 4) is 5.75 Å². The maximum atomic E-state index is 12.6. The fourth-order valence-corrected chi connectivity index (χ4v) is 2.67. The first-order valence-electron chi connectivity index (χ1n) is 8.61. The topological polar surface area (TPSA) is 85.6 Å². The molecule has 0 unspecified atom stereocenters. The number of aryl methyl sites for hydroxylation is 1. The van der Waals surface area contributed by atoms with Crippen molar-refractivity contribution in [3.05, 3.63) is 70.1 Å². The zero-order valence-corrected chi connectivity index (χ0v) is 15.2. The number of nitrogens with zero attached hydrogens (tertiary/aromatic N) is 3. The third-order valence-corrected chi connectivity index (χ3v) is 4.01. The highest BCUT2D eigenvalue weighted by atomic mass is 16.5. The van der Waals surface area contributed by atoms with E-state index in [1.54, 1.807) is 43.5 Å². The van der Waals surface area contributed by atoms with Crippen molar-refractivity contribution in [2.45, 2.75) is 19.9 Å². The average molecular weight is 364 g/mol. The van der Waals surface area contributed by atoms with E-state index in [1.165, 1.54) is 10.9 Å². The summed E-state index contributed by atoms with van der Waals surface area (Å²) in [4.78, 5) is 25.1. The lowest BCUT2D eigenvalue weighted by Gasteiger charge is -2.09. The highest BCUT2D eigenvalue weighted by Crippen LogP contribution is 2.13. The smallest absolute Gasteiger partial charge is 0.292 e. The number of rotatable bonds is 6. The van der Waals surface area contributed by atoms with E-state index in [-0.39, 0.29) is 11.3 Å². The van der Waals surface area contributed by atoms with Crippen molar-refractivity contribution >= 4 is 22.9 Å². The number of amides is 1. The van der Waals surface area contributed by atoms with Crippen molar-refractivity contribution in [3.63, 3.8) is 0 Å². The monoisotopic (exact) mass is 364 g/mol. The zero-order valence-electron chi connectivity index (χ0n) is 15.2. The molecule has 0 aliphatic heterocycles. The molecule has 0 saturated heterocycles. The van der Waals surface area contributed by atoms with Crippen LogP contribution in [0.3, 0.4) is 0 Å². The number of fused-ring (bicyclic) bond motifs is 1. The van der Waals surface area contributed by atoms with E-state index >= 15 is 0 Å². The summed E-state index contributed by atoms with van der Waals surface area (Å²) < 4.78 is 6.42. The molecule has 0 spiro atoms. The average Bonchev–Trinajstić information content (AvgIpc) is 2.70. The van der Waals surface area contributed by atoms with Gasteiger partial charge in [0.25, 0.3) is 11.5 Å². The molecule has 3 aromatic rings. The molecule has 0 bridgehead atoms. The first-order valence-corrected chi connectivity index (χ1v) is 8.61. The van der Waals surface area contributed by atoms with E-state index in [4.69, 9.17) is 4.74 Å². The molecule has 0 fully saturated rings. The van der Waals surface area contributed by atoms with E-state index in [0.29, 0.717) is 17.3 Å². The number of aromatic nitrogens is 2. The molecule has 2 aromatic carbocycles. The second-order valence-electron chi connectivity index (χ2n) is 5.89. The SMILES string of the molecule is CCCn1nc(C(=O)N/N=C\c2ccc(OC)cc2)c2ccccc2c1=O. The van der Waals surface area contributed by atoms with Crippen LogP contribution in [-0.4, -0.2) is 29.0 Å². The summed E-state index contributed by atoms with van der Waals surface area (Å²) in [5.74, 6) is 0.269. The number of benzene rings is 2. The molecule has 7 nitrogen and oxygen atoms in total. The number of nitrogens with one attached hydrogen (secondary N) is 1. The molecule has 1 heterocycles. The number of ether oxygens (including phenoxy) is 1. The summed E-state index contributed by atoms with van der Waals surface area (Å²) in [6.45, 7) is 2.39. The van der Waals surface area contributed by atoms with E-state index in [9.17, 15) is 9.59 Å². The highest BCUT2D eigenvalue weighted by Gasteiger charge is 2.15. The summed E-state index contributed by atoms with van der Waals surface area (Å²) in [5, 5.41) is 9.20. The van der Waals surface area contributed by atoms with Crippen LogP contribution in [0.4, 0.5) is 0 Å². The van der Waals surface area contributed by atoms with Crippen LogP contribution in [0.2, 0.25) is 0 Å². The van der Waals surface area contributed by atoms with Crippen LogP contribution in [0.15, 0.2) is 58.4 Å². The minimum absolute atomic E-state index is 0.172. The number of carbonyl (C=O) groups is 1. The lowest BCUT2D eigenvalue weighted by Crippen LogP contribution is -2.29. The van der Waals surface area contributed by atoms with Crippen LogP contribution < -0.4 is 15.7 Å². The van der Waals surface area contributed by atoms with Gasteiger partial charge in [-0.15, -0.1) is 0 Å². The predicted octanol–water partition coefficient (Wildman–Crippen LogP) is 2.58. The Balaban J connectivity index is 1.87. The highest BCUT2D eigenvalue weighted by molar-refractivity contribution is 6.04. The van der Waals surface area contributed by atoms with Crippen LogP contribution in [0, 0.1) is 0 Å². The van der Waals surface area contributed by atoms with E-state index in [1.807, 2.05) is 19.1 Å². The minimum Gasteiger partial charge on any atom is -0.497 e. The third kappa shape index (κ3) is 4.03. The standard InChI is InChI=1S/C20H20N4O3/c1-3-12-24-20(26)17-7-5-4-6-16(17)18(23-24)19(25)22-21-13-14-8-10-15(27-2)11-9-14/h4-11,13H,3,12H2,1-2H3,(H,22,25)/b21-13-. The Morgan fingerprint density at radius 2 is 1.89 bits per heavy atom. The second kappa shape index (κ2) is 8.27. The van der Waals surface area contributed by atoms with Gasteiger partial charge in [-0.25, -0.2) is 10.1 Å². The van der Waals surface area contributed by atoms with Gasteiger partial charge in [-0.1, -0.05) is 25.1 Å². The van der Waals surface area contributed by atoms with Gasteiger partial charge in [0.2, 0.25) is 0 Å². The first-order chi connectivity index (χ1) is 13.1. The fraction of sp³-hybridized carbons (Fsp3) is 0.200. The zero-order chi connectivity index (χ0) is 19.2. The Kier molecular flexibility index (Phi) is 5.61. The Labute approximate surface area is 156 Å². The number of methoxy groups -OCH3 is 1. The van der Waals surface area contributed by atoms with Crippen molar-refractivity contribution in [2.75, 3.05) is 7.11 Å². The molecule has 3 rings (SSSR count). The molecule has 0 atom stereocenters. The molecular formula is C20H20N4O3. The number of hydrazone groups is 1. The summed E-state index contributed by atoms with van der Waals surface area (Å²) in [7, 11) is 1.60. The Bertz CT molecular complexity index is 1040. The van der Waals surface area contributed by atoms with E-state index < -0.39 is 5.91 Å². The van der Waals surface area contributed by atoms with Gasteiger partial charge in [0.05, 0.1) is 18.7 Å². The van der Waals surface area contributed by atoms with Crippen LogP contribution >= 0.6 is 0 Å². The summed E-state index contributed by atoms with van der Waals surface area (Å²) in [6.07, 6.45) is 2.27. The molecule has 0 aliphatic rings. The summed E-state index contributed by atoms with van der Waals surface area (Å²) in [6, 6.07) is 14.2. The Morgan fingerprint density at radius 1 is 1.19 bits per heavy atom. The number of carbonyl (C=O) groups excluding carboxylic acids is 1. The third-order valence-electron chi connectivity index (χ3n) is 4.01. The van der Waals surface area contributed by atoms with Crippen LogP contribution in [0.25, 0.3) is 10.8 Å². The molecule has 27 heavy (non-hydrogen) atoms. The van der Waals surface area contributed by atoms with Gasteiger partial charge in [0, 0.05) is 11.9 Å². The second-order valence-corrected chi connectivity index (χ2v) is 5.89. The first kappa shape index (κ1) is 18.3. The lowest BCUT2D eigenvalue weighted by atomic mass is 10.1. The Morgan fingerprint density at radius 3 is 2.56 bits per heavy atom. The minimum atomic E-state index is -0.471. The maximum Gasteiger partial charge on any atom is 0.292 e. The largest absolute Gasteiger partial charge is 0.497 e. The van der Waals surface area contributed by atoms with Gasteiger partial charge in [0.1, 0.15) is 5.75 Å². The molecule has 1 aromatic heterocycles. The van der Waals surface area contributed by atoms with E-state index in [2.05, 4.69) is 15.6 Å². The summed E-state index contributed by atoms with van der Waals surface area (Å²) in [5.41, 5.74) is 3.26. The number of hydrogen-bond donors (Lipinski definition) is 1. The number of hydrogen-bond acceptors (Lipinski definition) is 5. The van der Waals surface area contributed by atoms with Gasteiger partial charge in [-0.3, -0.25) is 9.59 Å². The molecular weight excluding hydrogens is 344 g/mol. The quantitative estimate of drug-likeness (QED) is 0.538. The van der Waals surface area contributed by atoms with Crippen LogP contribution in [0.1, 0.15) is 29.4 Å². The van der Waals surface area contributed by atoms with Gasteiger partial charge >= 0.3 is 0 Å².